The van der Waals surface area contributed by atoms with E-state index in [9.17, 15) is 0 Å². The predicted molar refractivity (Wildman–Crippen MR) is 402 cm³/mol. The van der Waals surface area contributed by atoms with E-state index in [4.69, 9.17) is 0 Å². The summed E-state index contributed by atoms with van der Waals surface area (Å²) in [6.07, 6.45) is 0. The minimum atomic E-state index is -3.03. The second kappa shape index (κ2) is 20.9. The molecule has 0 radical (unpaired) electrons. The van der Waals surface area contributed by atoms with Gasteiger partial charge in [-0.05, 0) is 146 Å². The molecule has 0 amide bonds. The number of rotatable bonds is 8. The van der Waals surface area contributed by atoms with Gasteiger partial charge in [-0.2, -0.15) is 0 Å². The van der Waals surface area contributed by atoms with Gasteiger partial charge >= 0.3 is 0 Å². The van der Waals surface area contributed by atoms with Crippen LogP contribution >= 0.6 is 22.7 Å². The Morgan fingerprint density at radius 3 is 0.924 bits per heavy atom. The maximum Gasteiger partial charge on any atom is 0.184 e. The first-order chi connectivity index (χ1) is 45.6. The van der Waals surface area contributed by atoms with Gasteiger partial charge in [0.1, 0.15) is 0 Å². The van der Waals surface area contributed by atoms with E-state index in [1.807, 2.05) is 22.7 Å². The van der Waals surface area contributed by atoms with Crippen molar-refractivity contribution >= 4 is 176 Å². The molecular weight excluding hydrogens is 1180 g/mol. The first-order valence-corrected chi connectivity index (χ1v) is 37.3. The third kappa shape index (κ3) is 7.88. The van der Waals surface area contributed by atoms with Gasteiger partial charge in [-0.25, -0.2) is 0 Å². The minimum Gasteiger partial charge on any atom is -0.311 e. The summed E-state index contributed by atoms with van der Waals surface area (Å²) < 4.78 is 5.20. The fraction of sp³-hybridized carbons (Fsp3) is 0. The average molecular weight is 1240 g/mol. The van der Waals surface area contributed by atoms with Gasteiger partial charge in [-0.3, -0.25) is 0 Å². The number of fused-ring (bicyclic) bond motifs is 13. The van der Waals surface area contributed by atoms with E-state index in [-0.39, 0.29) is 0 Å². The van der Waals surface area contributed by atoms with Gasteiger partial charge < -0.3 is 9.80 Å². The van der Waals surface area contributed by atoms with Crippen LogP contribution in [0.15, 0.2) is 340 Å². The SMILES string of the molecule is c1ccc(-c2ccc3c(c2)N(c2ccc4c(ccc5cc(N6c7cc(-c8ccccc8)ccc7[Si](c7ccccc7)(c7ccccc7)c7cc8c(cc76)sc6ccccc68)ccc54)c2)c2cc4sc5ccccc5c4cc2[Si]3(c2ccccc2)c2ccccc2)cc1. The lowest BCUT2D eigenvalue weighted by atomic mass is 9.99. The van der Waals surface area contributed by atoms with Gasteiger partial charge in [-0.1, -0.05) is 279 Å². The third-order valence-electron chi connectivity index (χ3n) is 19.9. The summed E-state index contributed by atoms with van der Waals surface area (Å²) in [7, 11) is -6.06. The molecule has 430 valence electrons. The van der Waals surface area contributed by atoms with Crippen molar-refractivity contribution in [1.29, 1.82) is 0 Å². The van der Waals surface area contributed by atoms with Crippen LogP contribution in [0.1, 0.15) is 0 Å². The monoisotopic (exact) mass is 1240 g/mol. The second-order valence-corrected chi connectivity index (χ2v) is 34.3. The van der Waals surface area contributed by atoms with Crippen LogP contribution in [0.4, 0.5) is 34.1 Å². The molecule has 2 aliphatic heterocycles. The second-order valence-electron chi connectivity index (χ2n) is 24.6. The Morgan fingerprint density at radius 1 is 0.207 bits per heavy atom. The fourth-order valence-corrected chi connectivity index (χ4v) is 28.3. The zero-order valence-electron chi connectivity index (χ0n) is 50.0. The van der Waals surface area contributed by atoms with E-state index in [1.165, 1.54) is 148 Å². The van der Waals surface area contributed by atoms with Crippen LogP contribution in [0, 0.1) is 0 Å². The Labute approximate surface area is 544 Å². The molecule has 0 fully saturated rings. The van der Waals surface area contributed by atoms with Gasteiger partial charge in [-0.15, -0.1) is 22.7 Å². The zero-order valence-corrected chi connectivity index (χ0v) is 53.7. The molecule has 0 saturated heterocycles. The number of benzene rings is 15. The standard InChI is InChI=1S/C86H56N2S2Si2/c1-7-23-57(24-8-1)59-41-47-83-75(51-59)87(77-55-81-73(71-35-19-21-37-79(71)89-81)53-85(77)91(83,65-27-11-3-12-28-65)66-29-13-4-14-30-66)63-43-45-69-61(49-63)39-40-62-50-64(44-46-70(62)69)88-76-52-60(58-25-9-2-10-26-58)42-48-84(76)92(67-31-15-5-16-32-67,68-33-17-6-18-34-68)86-54-74-72-36-20-22-38-80(72)90-82(74)56-78(86)88/h1-56H. The zero-order chi connectivity index (χ0) is 60.5. The molecule has 6 heteroatoms. The van der Waals surface area contributed by atoms with Crippen molar-refractivity contribution < 1.29 is 0 Å². The van der Waals surface area contributed by atoms with Crippen molar-refractivity contribution in [2.24, 2.45) is 0 Å². The molecular formula is C86H56N2S2Si2. The lowest BCUT2D eigenvalue weighted by Gasteiger charge is -2.45. The summed E-state index contributed by atoms with van der Waals surface area (Å²) in [5.41, 5.74) is 12.0. The molecule has 0 atom stereocenters. The molecule has 0 spiro atoms. The Kier molecular flexibility index (Phi) is 12.1. The van der Waals surface area contributed by atoms with Crippen molar-refractivity contribution in [3.8, 4) is 22.3 Å². The Bertz CT molecular complexity index is 5340. The van der Waals surface area contributed by atoms with Crippen molar-refractivity contribution in [1.82, 2.24) is 0 Å². The average Bonchev–Trinajstić information content (AvgIpc) is 0.906. The summed E-state index contributed by atoms with van der Waals surface area (Å²) >= 11 is 3.80. The van der Waals surface area contributed by atoms with Gasteiger partial charge in [0.2, 0.25) is 0 Å². The maximum atomic E-state index is 2.61. The molecule has 0 N–H and O–H groups in total. The molecule has 15 aromatic carbocycles. The Hall–Kier alpha value is -10.7. The van der Waals surface area contributed by atoms with Gasteiger partial charge in [0.15, 0.2) is 16.1 Å². The van der Waals surface area contributed by atoms with Crippen molar-refractivity contribution in [3.63, 3.8) is 0 Å². The van der Waals surface area contributed by atoms with Crippen molar-refractivity contribution in [2.75, 3.05) is 9.80 Å². The number of hydrogen-bond acceptors (Lipinski definition) is 4. The fourth-order valence-electron chi connectivity index (χ4n) is 15.9. The molecule has 92 heavy (non-hydrogen) atoms. The molecule has 0 saturated carbocycles. The lowest BCUT2D eigenvalue weighted by Crippen LogP contribution is -2.77. The first kappa shape index (κ1) is 53.2. The van der Waals surface area contributed by atoms with Crippen LogP contribution in [0.3, 0.4) is 0 Å². The van der Waals surface area contributed by atoms with Crippen LogP contribution in [0.5, 0.6) is 0 Å². The summed E-state index contributed by atoms with van der Waals surface area (Å²) in [5.74, 6) is 0. The van der Waals surface area contributed by atoms with Gasteiger partial charge in [0, 0.05) is 74.5 Å². The van der Waals surface area contributed by atoms with E-state index in [2.05, 4.69) is 350 Å². The summed E-state index contributed by atoms with van der Waals surface area (Å²) in [4.78, 5) is 5.23. The van der Waals surface area contributed by atoms with Gasteiger partial charge in [0.05, 0.1) is 0 Å². The topological polar surface area (TPSA) is 6.48 Å². The van der Waals surface area contributed by atoms with E-state index < -0.39 is 16.1 Å². The summed E-state index contributed by atoms with van der Waals surface area (Å²) in [6, 6.07) is 130. The van der Waals surface area contributed by atoms with E-state index in [0.717, 1.165) is 11.4 Å². The molecule has 4 heterocycles. The molecule has 17 aromatic rings. The number of nitrogens with zero attached hydrogens (tertiary/aromatic N) is 2. The molecule has 2 aliphatic rings. The van der Waals surface area contributed by atoms with Crippen LogP contribution in [0.25, 0.3) is 84.1 Å². The van der Waals surface area contributed by atoms with Crippen molar-refractivity contribution in [2.45, 2.75) is 0 Å². The predicted octanol–water partition coefficient (Wildman–Crippen LogP) is 18.4. The van der Waals surface area contributed by atoms with Crippen LogP contribution < -0.4 is 51.3 Å². The lowest BCUT2D eigenvalue weighted by molar-refractivity contribution is 1.30. The highest BCUT2D eigenvalue weighted by atomic mass is 32.1. The van der Waals surface area contributed by atoms with Crippen LogP contribution in [0.2, 0.25) is 0 Å². The maximum absolute atomic E-state index is 3.03. The van der Waals surface area contributed by atoms with E-state index in [1.54, 1.807) is 0 Å². The normalized spacial score (nSPS) is 13.8. The molecule has 19 rings (SSSR count). The molecule has 0 unspecified atom stereocenters. The smallest absolute Gasteiger partial charge is 0.184 e. The highest BCUT2D eigenvalue weighted by Gasteiger charge is 2.51. The number of thiophene rings is 2. The quantitative estimate of drug-likeness (QED) is 0.111. The molecule has 0 bridgehead atoms. The van der Waals surface area contributed by atoms with Crippen LogP contribution in [-0.2, 0) is 0 Å². The summed E-state index contributed by atoms with van der Waals surface area (Å²) in [5, 5.41) is 21.1. The number of anilines is 6. The van der Waals surface area contributed by atoms with E-state index in [0.29, 0.717) is 0 Å². The highest BCUT2D eigenvalue weighted by Crippen LogP contribution is 2.48. The van der Waals surface area contributed by atoms with Gasteiger partial charge in [0.25, 0.3) is 0 Å². The minimum absolute atomic E-state index is 1.14. The molecule has 2 nitrogen and oxygen atoms in total. The molecule has 2 aromatic heterocycles. The number of hydrogen-bond donors (Lipinski definition) is 0. The third-order valence-corrected chi connectivity index (χ3v) is 31.9. The van der Waals surface area contributed by atoms with Crippen LogP contribution in [-0.4, -0.2) is 16.1 Å². The van der Waals surface area contributed by atoms with Crippen molar-refractivity contribution in [3.05, 3.63) is 340 Å². The molecule has 0 aliphatic carbocycles. The first-order valence-electron chi connectivity index (χ1n) is 31.7. The summed E-state index contributed by atoms with van der Waals surface area (Å²) in [6.45, 7) is 0. The Balaban J connectivity index is 0.831. The Morgan fingerprint density at radius 2 is 0.543 bits per heavy atom. The largest absolute Gasteiger partial charge is 0.311 e. The highest BCUT2D eigenvalue weighted by molar-refractivity contribution is 7.27. The van der Waals surface area contributed by atoms with E-state index >= 15 is 0 Å².